The third kappa shape index (κ3) is 16.1. The van der Waals surface area contributed by atoms with Gasteiger partial charge in [0.25, 0.3) is 56.5 Å². The molecule has 0 aliphatic carbocycles. The van der Waals surface area contributed by atoms with Crippen molar-refractivity contribution >= 4 is 17.9 Å². The average Bonchev–Trinajstić information content (AvgIpc) is 1.92. The molecule has 24 nitrogen and oxygen atoms in total. The molecule has 0 amide bonds. The maximum atomic E-state index is 14.4. The molecule has 6 aromatic heterocycles. The van der Waals surface area contributed by atoms with Gasteiger partial charge in [0, 0.05) is 47.3 Å². The number of ether oxygens (including phenoxy) is 3. The number of nitrogens with zero attached hydrogens (tertiary/aromatic N) is 18. The number of carbonyl (C=O) groups is 3. The zero-order chi connectivity index (χ0) is 62.8. The van der Waals surface area contributed by atoms with Gasteiger partial charge in [-0.2, -0.15) is 0 Å². The largest absolute Gasteiger partial charge is 0.423 e. The SMILES string of the molecule is CCCC[n+]1cnn(C(c2ccc(OC(=O)c3cc(C(=O)Oc4ccc(C(n5c[n+](CCCC)cn5)n5c[n+](CCCC)cn5)cc4)cc(C(=O)Oc4ccc(C(n5c[n+](CCCC)cn5)n5c[n+](CCCC)cn5)cc4)c3)cc2)n2c[n+](CCCC)cn2)c1. The number of benzene rings is 4. The highest BCUT2D eigenvalue weighted by molar-refractivity contribution is 6.01. The molecule has 0 saturated carbocycles. The van der Waals surface area contributed by atoms with Crippen molar-refractivity contribution < 1.29 is 56.0 Å². The van der Waals surface area contributed by atoms with Crippen LogP contribution >= 0.6 is 0 Å². The lowest BCUT2D eigenvalue weighted by atomic mass is 10.1. The van der Waals surface area contributed by atoms with Crippen LogP contribution in [0.25, 0.3) is 0 Å². The standard InChI is InChI=1S/C66H84N18O6/c1-7-13-31-73-40-67-79(46-73)61(80-47-74(41-68-80)32-14-8-2)52-19-25-58(26-20-52)88-64(85)55-37-56(65(86)89-59-27-21-53(22-28-59)62(81-48-75(42-69-81)33-15-9-3)82-49-76(43-70-82)34-16-10-4)39-57(38-55)66(87)90-60-29-23-54(24-30-60)63(83-50-77(44-71-83)35-17-11-5)84-51-78(45-72-84)36-18-12-6/h19-30,37-51,61-63H,7-18,31-36H2,1-6H3/q+6. The molecule has 6 heterocycles. The molecular formula is C66H84N18O6+6. The Bertz CT molecular complexity index is 3360. The van der Waals surface area contributed by atoms with E-state index in [0.29, 0.717) is 0 Å². The molecule has 0 N–H and O–H groups in total. The molecule has 468 valence electrons. The van der Waals surface area contributed by atoms with Gasteiger partial charge >= 0.3 is 17.9 Å². The zero-order valence-corrected chi connectivity index (χ0v) is 52.5. The smallest absolute Gasteiger partial charge is 0.343 e. The van der Waals surface area contributed by atoms with Crippen LogP contribution in [0.5, 0.6) is 17.2 Å². The van der Waals surface area contributed by atoms with E-state index < -0.39 is 36.4 Å². The maximum Gasteiger partial charge on any atom is 0.343 e. The number of esters is 3. The van der Waals surface area contributed by atoms with Crippen molar-refractivity contribution in [1.82, 2.24) is 58.7 Å². The van der Waals surface area contributed by atoms with E-state index in [2.05, 4.69) is 68.9 Å². The molecule has 10 rings (SSSR count). The van der Waals surface area contributed by atoms with E-state index in [-0.39, 0.29) is 33.9 Å². The fourth-order valence-corrected chi connectivity index (χ4v) is 10.4. The molecule has 0 atom stereocenters. The van der Waals surface area contributed by atoms with Crippen molar-refractivity contribution in [3.63, 3.8) is 0 Å². The average molecular weight is 1230 g/mol. The van der Waals surface area contributed by atoms with E-state index in [1.54, 1.807) is 36.4 Å². The molecule has 24 heteroatoms. The summed E-state index contributed by atoms with van der Waals surface area (Å²) < 4.78 is 41.6. The van der Waals surface area contributed by atoms with Crippen LogP contribution in [0.1, 0.15) is 185 Å². The van der Waals surface area contributed by atoms with Gasteiger partial charge in [-0.05, 0) is 130 Å². The normalized spacial score (nSPS) is 11.6. The second-order valence-corrected chi connectivity index (χ2v) is 22.7. The Morgan fingerprint density at radius 2 is 0.511 bits per heavy atom. The van der Waals surface area contributed by atoms with Crippen molar-refractivity contribution in [3.05, 3.63) is 200 Å². The van der Waals surface area contributed by atoms with Crippen molar-refractivity contribution in [3.8, 4) is 17.2 Å². The first-order valence-electron chi connectivity index (χ1n) is 31.7. The summed E-state index contributed by atoms with van der Waals surface area (Å²) in [6, 6.07) is 25.4. The van der Waals surface area contributed by atoms with Crippen LogP contribution in [0, 0.1) is 0 Å². The predicted molar refractivity (Wildman–Crippen MR) is 325 cm³/mol. The Labute approximate surface area is 524 Å². The number of unbranched alkanes of at least 4 members (excludes halogenated alkanes) is 6. The van der Waals surface area contributed by atoms with Gasteiger partial charge in [-0.3, -0.25) is 0 Å². The Kier molecular flexibility index (Phi) is 21.6. The van der Waals surface area contributed by atoms with Crippen molar-refractivity contribution in [1.29, 1.82) is 0 Å². The number of hydrogen-bond donors (Lipinski definition) is 0. The Hall–Kier alpha value is -9.87. The van der Waals surface area contributed by atoms with E-state index in [0.717, 1.165) is 133 Å². The lowest BCUT2D eigenvalue weighted by molar-refractivity contribution is -0.699. The Balaban J connectivity index is 0.929. The van der Waals surface area contributed by atoms with Gasteiger partial charge in [-0.1, -0.05) is 108 Å². The lowest BCUT2D eigenvalue weighted by Gasteiger charge is -2.12. The first-order chi connectivity index (χ1) is 44.0. The topological polar surface area (TPSA) is 209 Å². The minimum absolute atomic E-state index is 0.0901. The van der Waals surface area contributed by atoms with Crippen LogP contribution in [-0.2, 0) is 39.3 Å². The fourth-order valence-electron chi connectivity index (χ4n) is 10.4. The summed E-state index contributed by atoms with van der Waals surface area (Å²) in [5, 5.41) is 28.4. The van der Waals surface area contributed by atoms with Crippen molar-refractivity contribution in [2.45, 2.75) is 176 Å². The molecule has 10 aromatic rings. The molecular weight excluding hydrogens is 1140 g/mol. The summed E-state index contributed by atoms with van der Waals surface area (Å²) in [6.45, 7) is 17.9. The van der Waals surface area contributed by atoms with Gasteiger partial charge in [-0.25, -0.2) is 41.8 Å². The highest BCUT2D eigenvalue weighted by Crippen LogP contribution is 2.27. The third-order valence-electron chi connectivity index (χ3n) is 15.5. The van der Waals surface area contributed by atoms with E-state index in [4.69, 9.17) is 44.8 Å². The Morgan fingerprint density at radius 1 is 0.322 bits per heavy atom. The molecule has 0 radical (unpaired) electrons. The maximum absolute atomic E-state index is 14.4. The summed E-state index contributed by atoms with van der Waals surface area (Å²) in [5.41, 5.74) is 2.22. The number of carbonyl (C=O) groups excluding carboxylic acids is 3. The molecule has 90 heavy (non-hydrogen) atoms. The van der Waals surface area contributed by atoms with Gasteiger partial charge in [0.05, 0.1) is 56.0 Å². The zero-order valence-electron chi connectivity index (χ0n) is 52.5. The predicted octanol–water partition coefficient (Wildman–Crippen LogP) is 7.33. The van der Waals surface area contributed by atoms with Crippen molar-refractivity contribution in [2.24, 2.45) is 0 Å². The van der Waals surface area contributed by atoms with Gasteiger partial charge < -0.3 is 14.2 Å². The highest BCUT2D eigenvalue weighted by Gasteiger charge is 2.33. The number of rotatable bonds is 33. The van der Waals surface area contributed by atoms with Crippen LogP contribution < -0.4 is 41.6 Å². The van der Waals surface area contributed by atoms with Gasteiger partial charge in [0.15, 0.2) is 0 Å². The first-order valence-corrected chi connectivity index (χ1v) is 31.7. The van der Waals surface area contributed by atoms with E-state index >= 15 is 0 Å². The van der Waals surface area contributed by atoms with E-state index in [9.17, 15) is 14.4 Å². The second-order valence-electron chi connectivity index (χ2n) is 22.7. The summed E-state index contributed by atoms with van der Waals surface area (Å²) in [6.07, 6.45) is 33.7. The fraction of sp³-hybridized carbons (Fsp3) is 0.409. The summed E-state index contributed by atoms with van der Waals surface area (Å²) in [4.78, 5) is 43.2. The molecule has 0 bridgehead atoms. The van der Waals surface area contributed by atoms with Gasteiger partial charge in [-0.15, -0.1) is 0 Å². The molecule has 0 spiro atoms. The van der Waals surface area contributed by atoms with Crippen LogP contribution in [0.15, 0.2) is 167 Å². The first kappa shape index (κ1) is 63.2. The van der Waals surface area contributed by atoms with E-state index in [1.165, 1.54) is 18.2 Å². The number of aryl methyl sites for hydroxylation is 6. The van der Waals surface area contributed by atoms with Crippen LogP contribution in [0.4, 0.5) is 0 Å². The van der Waals surface area contributed by atoms with Crippen LogP contribution in [0.2, 0.25) is 0 Å². The quantitative estimate of drug-likeness (QED) is 0.0225. The van der Waals surface area contributed by atoms with E-state index in [1.807, 2.05) is 140 Å². The summed E-state index contributed by atoms with van der Waals surface area (Å²) in [5.74, 6) is -1.80. The molecule has 4 aromatic carbocycles. The second kappa shape index (κ2) is 30.8. The monoisotopic (exact) mass is 1220 g/mol. The molecule has 0 fully saturated rings. The highest BCUT2D eigenvalue weighted by atomic mass is 16.5. The number of hydrogen-bond acceptors (Lipinski definition) is 12. The molecule has 0 unspecified atom stereocenters. The Morgan fingerprint density at radius 3 is 0.689 bits per heavy atom. The van der Waals surface area contributed by atoms with Crippen LogP contribution in [-0.4, -0.2) is 76.6 Å². The lowest BCUT2D eigenvalue weighted by Crippen LogP contribution is -2.33. The molecule has 0 aliphatic rings. The van der Waals surface area contributed by atoms with Crippen LogP contribution in [0.3, 0.4) is 0 Å². The van der Waals surface area contributed by atoms with Gasteiger partial charge in [0.1, 0.15) is 17.2 Å². The minimum Gasteiger partial charge on any atom is -0.423 e. The third-order valence-corrected chi connectivity index (χ3v) is 15.5. The van der Waals surface area contributed by atoms with Gasteiger partial charge in [0.2, 0.25) is 38.0 Å². The minimum atomic E-state index is -0.824. The number of aromatic nitrogens is 18. The summed E-state index contributed by atoms with van der Waals surface area (Å²) >= 11 is 0. The molecule has 0 aliphatic heterocycles. The molecule has 0 saturated heterocycles. The van der Waals surface area contributed by atoms with Crippen molar-refractivity contribution in [2.75, 3.05) is 0 Å². The summed E-state index contributed by atoms with van der Waals surface area (Å²) in [7, 11) is 0.